The first kappa shape index (κ1) is 33.1. The number of likely N-dealkylation sites (tertiary alicyclic amines) is 1. The number of ether oxygens (including phenoxy) is 1. The molecule has 264 valence electrons. The number of nitrogens with two attached hydrogens (primary N) is 1. The second-order valence-electron chi connectivity index (χ2n) is 15.5. The molecule has 12 heteroatoms. The molecule has 0 bridgehead atoms. The number of benzene rings is 1. The summed E-state index contributed by atoms with van der Waals surface area (Å²) in [6, 6.07) is 6.14. The number of ketones is 3. The minimum Gasteiger partial charge on any atom is -0.369 e. The largest absolute Gasteiger partial charge is 0.369 e. The molecule has 4 aliphatic heterocycles. The molecule has 11 nitrogen and oxygen atoms in total. The van der Waals surface area contributed by atoms with Crippen molar-refractivity contribution in [1.82, 2.24) is 25.4 Å². The van der Waals surface area contributed by atoms with E-state index in [0.717, 1.165) is 51.6 Å². The highest BCUT2D eigenvalue weighted by Gasteiger charge is 2.61. The molecule has 0 aromatic heterocycles. The van der Waals surface area contributed by atoms with Gasteiger partial charge in [-0.25, -0.2) is 9.40 Å². The number of carbonyl (C=O) groups is 4. The summed E-state index contributed by atoms with van der Waals surface area (Å²) in [5.74, 6) is 3.47. The van der Waals surface area contributed by atoms with Crippen LogP contribution in [0, 0.1) is 17.8 Å². The number of Topliss-reactive ketones (excluding diaryl/α,β-unsaturated/α-hetero) is 3. The number of hydrogen-bond donors (Lipinski definition) is 3. The van der Waals surface area contributed by atoms with Gasteiger partial charge in [-0.1, -0.05) is 24.3 Å². The van der Waals surface area contributed by atoms with Crippen LogP contribution in [0.25, 0.3) is 0 Å². The number of morpholine rings is 1. The van der Waals surface area contributed by atoms with Gasteiger partial charge in [0.05, 0.1) is 35.9 Å². The van der Waals surface area contributed by atoms with Gasteiger partial charge in [-0.3, -0.25) is 25.0 Å². The number of halogens is 1. The smallest absolute Gasteiger partial charge is 0.256 e. The van der Waals surface area contributed by atoms with Gasteiger partial charge >= 0.3 is 0 Å². The monoisotopic (exact) mass is 676 g/mol. The van der Waals surface area contributed by atoms with E-state index in [9.17, 15) is 19.2 Å². The Hall–Kier alpha value is -3.03. The number of alkyl halides is 1. The van der Waals surface area contributed by atoms with Crippen LogP contribution in [-0.2, 0) is 14.3 Å². The minimum absolute atomic E-state index is 0.0182. The van der Waals surface area contributed by atoms with Crippen LogP contribution in [0.4, 0.5) is 4.39 Å². The van der Waals surface area contributed by atoms with Crippen molar-refractivity contribution in [2.75, 3.05) is 33.2 Å². The molecule has 1 aromatic carbocycles. The lowest BCUT2D eigenvalue weighted by atomic mass is 9.63. The first-order chi connectivity index (χ1) is 23.7. The van der Waals surface area contributed by atoms with Crippen LogP contribution in [-0.4, -0.2) is 120 Å². The second-order valence-corrected chi connectivity index (χ2v) is 15.5. The highest BCUT2D eigenvalue weighted by atomic mass is 19.1. The molecule has 8 rings (SSSR count). The number of hydrogen-bond acceptors (Lipinski definition) is 10. The Labute approximate surface area is 287 Å². The maximum atomic E-state index is 16.3. The quantitative estimate of drug-likeness (QED) is 0.277. The molecule has 5 fully saturated rings. The van der Waals surface area contributed by atoms with Gasteiger partial charge in [0, 0.05) is 60.3 Å². The number of nitrogens with one attached hydrogen (secondary N) is 2. The molecule has 1 amide bonds. The molecule has 2 saturated carbocycles. The topological polar surface area (TPSA) is 137 Å². The average Bonchev–Trinajstić information content (AvgIpc) is 3.71. The predicted octanol–water partition coefficient (Wildman–Crippen LogP) is 2.01. The fourth-order valence-corrected chi connectivity index (χ4v) is 10.3. The molecular weight excluding hydrogens is 627 g/mol. The molecule has 4 N–H and O–H groups in total. The van der Waals surface area contributed by atoms with Crippen molar-refractivity contribution in [3.8, 4) is 0 Å². The van der Waals surface area contributed by atoms with E-state index in [2.05, 4.69) is 27.5 Å². The number of hydrazine groups is 1. The molecule has 4 heterocycles. The van der Waals surface area contributed by atoms with Gasteiger partial charge in [-0.2, -0.15) is 0 Å². The Kier molecular flexibility index (Phi) is 8.97. The molecule has 7 aliphatic rings. The third-order valence-corrected chi connectivity index (χ3v) is 12.9. The van der Waals surface area contributed by atoms with Crippen molar-refractivity contribution in [2.45, 2.75) is 106 Å². The van der Waals surface area contributed by atoms with E-state index in [1.807, 2.05) is 5.01 Å². The summed E-state index contributed by atoms with van der Waals surface area (Å²) < 4.78 is 23.1. The van der Waals surface area contributed by atoms with E-state index < -0.39 is 54.1 Å². The van der Waals surface area contributed by atoms with Crippen molar-refractivity contribution in [3.63, 3.8) is 0 Å². The fraction of sp³-hybridized carbons (Fsp3) is 0.676. The highest BCUT2D eigenvalue weighted by Crippen LogP contribution is 2.49. The van der Waals surface area contributed by atoms with Crippen molar-refractivity contribution in [3.05, 3.63) is 47.2 Å². The molecule has 0 radical (unpaired) electrons. The fourth-order valence-electron chi connectivity index (χ4n) is 10.3. The number of nitrogens with zero attached hydrogens (tertiary/aromatic N) is 3. The van der Waals surface area contributed by atoms with Gasteiger partial charge in [-0.05, 0) is 77.9 Å². The van der Waals surface area contributed by atoms with Crippen LogP contribution >= 0.6 is 0 Å². The van der Waals surface area contributed by atoms with Gasteiger partial charge in [0.2, 0.25) is 0 Å². The molecule has 11 atom stereocenters. The van der Waals surface area contributed by atoms with Crippen molar-refractivity contribution < 1.29 is 28.3 Å². The van der Waals surface area contributed by atoms with Crippen LogP contribution in [0.5, 0.6) is 0 Å². The highest BCUT2D eigenvalue weighted by molar-refractivity contribution is 6.20. The molecule has 3 saturated heterocycles. The van der Waals surface area contributed by atoms with Crippen LogP contribution in [0.15, 0.2) is 36.0 Å². The number of amides is 1. The SMILES string of the molecule is CN1CCCC1CCNC(=O)C1=CN2C3CC4C(=O)c5ccccc5C(=O)C4CC3OC3C(NCCC4CCCN4N)C(F)CC(C1=O)C32. The Morgan fingerprint density at radius 3 is 2.31 bits per heavy atom. The Morgan fingerprint density at radius 2 is 1.61 bits per heavy atom. The van der Waals surface area contributed by atoms with Crippen LogP contribution < -0.4 is 16.5 Å². The molecule has 49 heavy (non-hydrogen) atoms. The zero-order valence-corrected chi connectivity index (χ0v) is 28.3. The zero-order valence-electron chi connectivity index (χ0n) is 28.3. The van der Waals surface area contributed by atoms with E-state index in [1.54, 1.807) is 30.5 Å². The minimum atomic E-state index is -1.37. The standard InChI is InChI=1S/C37H49FN6O5/c1-42-14-4-6-20(42)10-13-41-37(48)27-19-43-29-17-24-25(34(46)23-9-3-2-8-22(23)33(24)45)18-30(29)49-36-31(28(38)16-26(32(36)43)35(27)47)40-12-11-21-7-5-15-44(21)39/h2-3,8-9,19-21,24-26,28-32,36,40H,4-7,10-18,39H2,1H3,(H,41,48). The number of fused-ring (bicyclic) bond motifs is 4. The molecule has 0 spiro atoms. The van der Waals surface area contributed by atoms with Gasteiger partial charge in [0.1, 0.15) is 6.17 Å². The second kappa shape index (κ2) is 13.3. The summed E-state index contributed by atoms with van der Waals surface area (Å²) in [6.45, 7) is 2.89. The van der Waals surface area contributed by atoms with Gasteiger partial charge in [-0.15, -0.1) is 0 Å². The number of carbonyl (C=O) groups excluding carboxylic acids is 4. The summed E-state index contributed by atoms with van der Waals surface area (Å²) in [6.07, 6.45) is 5.67. The number of rotatable bonds is 8. The lowest BCUT2D eigenvalue weighted by Gasteiger charge is -2.60. The van der Waals surface area contributed by atoms with E-state index in [4.69, 9.17) is 10.6 Å². The first-order valence-electron chi connectivity index (χ1n) is 18.4. The zero-order chi connectivity index (χ0) is 34.0. The summed E-state index contributed by atoms with van der Waals surface area (Å²) in [7, 11) is 2.09. The molecular formula is C37H49FN6O5. The molecule has 1 aromatic rings. The average molecular weight is 677 g/mol. The van der Waals surface area contributed by atoms with Gasteiger partial charge in [0.25, 0.3) is 5.91 Å². The van der Waals surface area contributed by atoms with E-state index in [1.165, 1.54) is 0 Å². The molecule has 3 aliphatic carbocycles. The van der Waals surface area contributed by atoms with Crippen molar-refractivity contribution >= 4 is 23.3 Å². The van der Waals surface area contributed by atoms with Crippen LogP contribution in [0.3, 0.4) is 0 Å². The molecule has 11 unspecified atom stereocenters. The third-order valence-electron chi connectivity index (χ3n) is 12.9. The maximum absolute atomic E-state index is 16.3. The van der Waals surface area contributed by atoms with Crippen molar-refractivity contribution in [2.24, 2.45) is 23.6 Å². The van der Waals surface area contributed by atoms with Crippen LogP contribution in [0.2, 0.25) is 0 Å². The van der Waals surface area contributed by atoms with E-state index in [0.29, 0.717) is 43.1 Å². The Bertz CT molecular complexity index is 1540. The summed E-state index contributed by atoms with van der Waals surface area (Å²) in [4.78, 5) is 59.7. The summed E-state index contributed by atoms with van der Waals surface area (Å²) in [5, 5.41) is 8.30. The maximum Gasteiger partial charge on any atom is 0.256 e. The van der Waals surface area contributed by atoms with Gasteiger partial charge in [0.15, 0.2) is 17.3 Å². The lowest BCUT2D eigenvalue weighted by Crippen LogP contribution is -2.73. The summed E-state index contributed by atoms with van der Waals surface area (Å²) in [5.41, 5.74) is 0.952. The predicted molar refractivity (Wildman–Crippen MR) is 179 cm³/mol. The lowest BCUT2D eigenvalue weighted by molar-refractivity contribution is -0.203. The van der Waals surface area contributed by atoms with Gasteiger partial charge < -0.3 is 25.2 Å². The summed E-state index contributed by atoms with van der Waals surface area (Å²) >= 11 is 0. The van der Waals surface area contributed by atoms with Crippen LogP contribution in [0.1, 0.15) is 78.5 Å². The Balaban J connectivity index is 1.08. The van der Waals surface area contributed by atoms with E-state index >= 15 is 4.39 Å². The van der Waals surface area contributed by atoms with Crippen molar-refractivity contribution in [1.29, 1.82) is 0 Å². The third kappa shape index (κ3) is 5.77. The first-order valence-corrected chi connectivity index (χ1v) is 18.4. The Morgan fingerprint density at radius 1 is 0.918 bits per heavy atom. The normalized spacial score (nSPS) is 38.8. The van der Waals surface area contributed by atoms with E-state index in [-0.39, 0.29) is 41.4 Å².